The lowest BCUT2D eigenvalue weighted by Gasteiger charge is -1.97. The van der Waals surface area contributed by atoms with Crippen LogP contribution in [0.1, 0.15) is 12.2 Å². The molecule has 0 saturated carbocycles. The third kappa shape index (κ3) is 2.09. The Balaban J connectivity index is 2.65. The Morgan fingerprint density at radius 2 is 2.58 bits per heavy atom. The van der Waals surface area contributed by atoms with E-state index in [1.54, 1.807) is 18.4 Å². The van der Waals surface area contributed by atoms with Gasteiger partial charge in [-0.15, -0.1) is 0 Å². The van der Waals surface area contributed by atoms with E-state index in [1.165, 1.54) is 0 Å². The first-order valence-electron chi connectivity index (χ1n) is 3.81. The van der Waals surface area contributed by atoms with Gasteiger partial charge in [0.05, 0.1) is 11.8 Å². The molecule has 0 bridgehead atoms. The smallest absolute Gasteiger partial charge is 0.140 e. The summed E-state index contributed by atoms with van der Waals surface area (Å²) in [7, 11) is 1.84. The highest BCUT2D eigenvalue weighted by Crippen LogP contribution is 2.14. The summed E-state index contributed by atoms with van der Waals surface area (Å²) in [5.41, 5.74) is 0.578. The van der Waals surface area contributed by atoms with Crippen molar-refractivity contribution in [2.24, 2.45) is 0 Å². The number of furan rings is 1. The fourth-order valence-corrected chi connectivity index (χ4v) is 0.925. The van der Waals surface area contributed by atoms with E-state index in [1.807, 2.05) is 13.0 Å². The third-order valence-corrected chi connectivity index (χ3v) is 1.57. The zero-order valence-electron chi connectivity index (χ0n) is 6.96. The van der Waals surface area contributed by atoms with Crippen molar-refractivity contribution in [1.82, 2.24) is 5.32 Å². The number of hydrogen-bond donors (Lipinski definition) is 1. The van der Waals surface area contributed by atoms with Gasteiger partial charge in [-0.1, -0.05) is 0 Å². The predicted molar refractivity (Wildman–Crippen MR) is 46.4 cm³/mol. The van der Waals surface area contributed by atoms with Crippen LogP contribution >= 0.6 is 0 Å². The topological polar surface area (TPSA) is 42.2 Å². The van der Waals surface area contributed by atoms with Crippen molar-refractivity contribution < 1.29 is 9.21 Å². The van der Waals surface area contributed by atoms with Crippen molar-refractivity contribution in [3.05, 3.63) is 24.2 Å². The lowest BCUT2D eigenvalue weighted by molar-refractivity contribution is 0.545. The molecule has 0 spiro atoms. The maximum Gasteiger partial charge on any atom is 0.140 e. The average molecular weight is 165 g/mol. The van der Waals surface area contributed by atoms with Crippen LogP contribution in [0.4, 0.5) is 0 Å². The molecule has 0 radical (unpaired) electrons. The number of nitrogens with one attached hydrogen (secondary N) is 1. The summed E-state index contributed by atoms with van der Waals surface area (Å²) in [5.74, 6) is 2.48. The van der Waals surface area contributed by atoms with Crippen molar-refractivity contribution in [1.29, 1.82) is 0 Å². The molecule has 64 valence electrons. The van der Waals surface area contributed by atoms with Gasteiger partial charge >= 0.3 is 0 Å². The molecular weight excluding hydrogens is 154 g/mol. The average Bonchev–Trinajstić information content (AvgIpc) is 2.59. The minimum atomic E-state index is 0.578. The standard InChI is InChI=1S/C9H11NO2/c1-10-5-4-8(7-11)9-3-2-6-12-9/h2-3,6,10H,4-5H2,1H3. The molecule has 3 heteroatoms. The van der Waals surface area contributed by atoms with Gasteiger partial charge in [0.1, 0.15) is 11.7 Å². The van der Waals surface area contributed by atoms with Gasteiger partial charge in [-0.2, -0.15) is 0 Å². The summed E-state index contributed by atoms with van der Waals surface area (Å²) in [6.07, 6.45) is 2.19. The molecule has 0 aliphatic rings. The third-order valence-electron chi connectivity index (χ3n) is 1.57. The molecule has 0 aliphatic heterocycles. The van der Waals surface area contributed by atoms with Crippen LogP contribution in [0.15, 0.2) is 22.8 Å². The van der Waals surface area contributed by atoms with Crippen LogP contribution in [0.25, 0.3) is 5.57 Å². The molecule has 1 N–H and O–H groups in total. The molecule has 1 aromatic rings. The lowest BCUT2D eigenvalue weighted by Crippen LogP contribution is -2.08. The molecule has 0 aliphatic carbocycles. The largest absolute Gasteiger partial charge is 0.464 e. The molecule has 3 nitrogen and oxygen atoms in total. The minimum absolute atomic E-state index is 0.578. The van der Waals surface area contributed by atoms with Crippen LogP contribution in [0.2, 0.25) is 0 Å². The van der Waals surface area contributed by atoms with Crippen molar-refractivity contribution in [2.75, 3.05) is 13.6 Å². The molecule has 1 rings (SSSR count). The van der Waals surface area contributed by atoms with Gasteiger partial charge in [-0.3, -0.25) is 0 Å². The molecule has 0 atom stereocenters. The molecule has 0 saturated heterocycles. The summed E-state index contributed by atoms with van der Waals surface area (Å²) in [6.45, 7) is 0.755. The second-order valence-electron chi connectivity index (χ2n) is 2.41. The fourth-order valence-electron chi connectivity index (χ4n) is 0.925. The van der Waals surface area contributed by atoms with Crippen molar-refractivity contribution in [2.45, 2.75) is 6.42 Å². The Morgan fingerprint density at radius 1 is 1.75 bits per heavy atom. The Hall–Kier alpha value is -1.31. The Labute approximate surface area is 71.1 Å². The SMILES string of the molecule is CNCCC(=C=O)c1ccco1. The van der Waals surface area contributed by atoms with Gasteiger partial charge < -0.3 is 9.73 Å². The van der Waals surface area contributed by atoms with Gasteiger partial charge in [0.15, 0.2) is 0 Å². The molecule has 1 aromatic heterocycles. The molecule has 1 heterocycles. The van der Waals surface area contributed by atoms with Gasteiger partial charge in [0, 0.05) is 0 Å². The summed E-state index contributed by atoms with van der Waals surface area (Å²) in [5, 5.41) is 2.95. The van der Waals surface area contributed by atoms with Crippen LogP contribution < -0.4 is 5.32 Å². The second-order valence-corrected chi connectivity index (χ2v) is 2.41. The van der Waals surface area contributed by atoms with Crippen LogP contribution in [0.3, 0.4) is 0 Å². The summed E-state index contributed by atoms with van der Waals surface area (Å²) < 4.78 is 5.06. The maximum absolute atomic E-state index is 10.5. The van der Waals surface area contributed by atoms with E-state index in [9.17, 15) is 4.79 Å². The Morgan fingerprint density at radius 3 is 3.08 bits per heavy atom. The number of rotatable bonds is 4. The van der Waals surface area contributed by atoms with Crippen LogP contribution in [-0.4, -0.2) is 19.5 Å². The molecule has 0 unspecified atom stereocenters. The van der Waals surface area contributed by atoms with Gasteiger partial charge in [-0.25, -0.2) is 4.79 Å². The summed E-state index contributed by atoms with van der Waals surface area (Å²) in [6, 6.07) is 3.52. The zero-order chi connectivity index (χ0) is 8.81. The predicted octanol–water partition coefficient (Wildman–Crippen LogP) is 1.10. The first-order chi connectivity index (χ1) is 5.88. The van der Waals surface area contributed by atoms with Crippen molar-refractivity contribution in [3.8, 4) is 0 Å². The molecule has 12 heavy (non-hydrogen) atoms. The highest BCUT2D eigenvalue weighted by atomic mass is 16.3. The van der Waals surface area contributed by atoms with Gasteiger partial charge in [0.25, 0.3) is 0 Å². The zero-order valence-corrected chi connectivity index (χ0v) is 6.96. The molecule has 0 fully saturated rings. The van der Waals surface area contributed by atoms with Gasteiger partial charge in [0.2, 0.25) is 0 Å². The minimum Gasteiger partial charge on any atom is -0.464 e. The van der Waals surface area contributed by atoms with E-state index in [0.717, 1.165) is 6.54 Å². The normalized spacial score (nSPS) is 9.42. The first-order valence-corrected chi connectivity index (χ1v) is 3.81. The first kappa shape index (κ1) is 8.78. The lowest BCUT2D eigenvalue weighted by atomic mass is 10.1. The van der Waals surface area contributed by atoms with Gasteiger partial charge in [-0.05, 0) is 32.1 Å². The molecular formula is C9H11NO2. The van der Waals surface area contributed by atoms with Crippen molar-refractivity contribution >= 4 is 11.5 Å². The quantitative estimate of drug-likeness (QED) is 0.679. The van der Waals surface area contributed by atoms with Crippen LogP contribution in [-0.2, 0) is 4.79 Å². The Bertz CT molecular complexity index is 271. The highest BCUT2D eigenvalue weighted by molar-refractivity contribution is 5.85. The van der Waals surface area contributed by atoms with E-state index in [4.69, 9.17) is 4.42 Å². The van der Waals surface area contributed by atoms with Crippen molar-refractivity contribution in [3.63, 3.8) is 0 Å². The van der Waals surface area contributed by atoms with E-state index in [2.05, 4.69) is 5.32 Å². The molecule has 0 aromatic carbocycles. The fraction of sp³-hybridized carbons (Fsp3) is 0.333. The van der Waals surface area contributed by atoms with E-state index < -0.39 is 0 Å². The van der Waals surface area contributed by atoms with E-state index in [-0.39, 0.29) is 0 Å². The maximum atomic E-state index is 10.5. The van der Waals surface area contributed by atoms with Crippen LogP contribution in [0.5, 0.6) is 0 Å². The van der Waals surface area contributed by atoms with E-state index >= 15 is 0 Å². The number of hydrogen-bond acceptors (Lipinski definition) is 3. The summed E-state index contributed by atoms with van der Waals surface area (Å²) >= 11 is 0. The molecule has 0 amide bonds. The van der Waals surface area contributed by atoms with Crippen LogP contribution in [0, 0.1) is 0 Å². The Kier molecular flexibility index (Phi) is 3.33. The number of carbonyl (C=O) groups excluding carboxylic acids is 1. The highest BCUT2D eigenvalue weighted by Gasteiger charge is 2.03. The van der Waals surface area contributed by atoms with E-state index in [0.29, 0.717) is 17.8 Å². The monoisotopic (exact) mass is 165 g/mol. The second kappa shape index (κ2) is 4.54. The summed E-state index contributed by atoms with van der Waals surface area (Å²) in [4.78, 5) is 10.5.